The summed E-state index contributed by atoms with van der Waals surface area (Å²) in [6.45, 7) is 5.34. The van der Waals surface area contributed by atoms with E-state index < -0.39 is 6.10 Å². The normalized spacial score (nSPS) is 14.7. The molecule has 0 aliphatic carbocycles. The zero-order valence-corrected chi connectivity index (χ0v) is 9.33. The molecule has 0 spiro atoms. The van der Waals surface area contributed by atoms with Crippen LogP contribution in [-0.2, 0) is 0 Å². The molecule has 1 aromatic carbocycles. The predicted octanol–water partition coefficient (Wildman–Crippen LogP) is 2.67. The highest BCUT2D eigenvalue weighted by molar-refractivity contribution is 5.28. The minimum atomic E-state index is -0.519. The number of hydrogen-bond acceptors (Lipinski definition) is 2. The van der Waals surface area contributed by atoms with Gasteiger partial charge in [-0.2, -0.15) is 0 Å². The van der Waals surface area contributed by atoms with Crippen molar-refractivity contribution in [2.24, 2.45) is 0 Å². The summed E-state index contributed by atoms with van der Waals surface area (Å²) in [5.74, 6) is 0.170. The van der Waals surface area contributed by atoms with E-state index in [1.54, 1.807) is 26.0 Å². The smallest absolute Gasteiger partial charge is 0.129 e. The summed E-state index contributed by atoms with van der Waals surface area (Å²) < 4.78 is 18.6. The highest BCUT2D eigenvalue weighted by Gasteiger charge is 2.13. The Morgan fingerprint density at radius 2 is 2.13 bits per heavy atom. The highest BCUT2D eigenvalue weighted by Crippen LogP contribution is 2.18. The molecule has 15 heavy (non-hydrogen) atoms. The lowest BCUT2D eigenvalue weighted by atomic mass is 10.2. The van der Waals surface area contributed by atoms with Crippen molar-refractivity contribution >= 4 is 0 Å². The Bertz CT molecular complexity index is 325. The van der Waals surface area contributed by atoms with Crippen LogP contribution in [0.1, 0.15) is 25.8 Å². The molecule has 0 aliphatic rings. The van der Waals surface area contributed by atoms with E-state index in [-0.39, 0.29) is 11.9 Å². The number of ether oxygens (including phenoxy) is 1. The summed E-state index contributed by atoms with van der Waals surface area (Å²) in [5, 5.41) is 9.49. The van der Waals surface area contributed by atoms with E-state index in [0.717, 1.165) is 0 Å². The largest absolute Gasteiger partial charge is 0.488 e. The average Bonchev–Trinajstić information content (AvgIpc) is 2.22. The Kier molecular flexibility index (Phi) is 4.09. The van der Waals surface area contributed by atoms with Gasteiger partial charge in [0.25, 0.3) is 0 Å². The average molecular weight is 212 g/mol. The van der Waals surface area contributed by atoms with Gasteiger partial charge in [0, 0.05) is 6.07 Å². The third kappa shape index (κ3) is 3.20. The van der Waals surface area contributed by atoms with E-state index in [2.05, 4.69) is 0 Å². The second kappa shape index (κ2) is 5.12. The standard InChI is InChI=1S/C12H17FO2/c1-4-12(14)9(3)15-10-6-5-8(2)11(13)7-10/h5-7,9,12,14H,4H2,1-3H3. The number of benzene rings is 1. The van der Waals surface area contributed by atoms with Crippen LogP contribution >= 0.6 is 0 Å². The fraction of sp³-hybridized carbons (Fsp3) is 0.500. The minimum Gasteiger partial charge on any atom is -0.488 e. The first kappa shape index (κ1) is 12.0. The third-order valence-electron chi connectivity index (χ3n) is 2.43. The molecule has 1 rings (SSSR count). The Morgan fingerprint density at radius 1 is 1.47 bits per heavy atom. The van der Waals surface area contributed by atoms with Crippen molar-refractivity contribution in [3.05, 3.63) is 29.6 Å². The molecule has 0 bridgehead atoms. The first-order valence-electron chi connectivity index (χ1n) is 5.15. The molecule has 0 aliphatic heterocycles. The Labute approximate surface area is 89.7 Å². The van der Waals surface area contributed by atoms with Crippen LogP contribution in [0.5, 0.6) is 5.75 Å². The van der Waals surface area contributed by atoms with Gasteiger partial charge in [0.15, 0.2) is 0 Å². The molecule has 0 radical (unpaired) electrons. The summed E-state index contributed by atoms with van der Waals surface area (Å²) in [6, 6.07) is 4.71. The van der Waals surface area contributed by atoms with Crippen molar-refractivity contribution in [2.75, 3.05) is 0 Å². The van der Waals surface area contributed by atoms with E-state index in [4.69, 9.17) is 4.74 Å². The van der Waals surface area contributed by atoms with Gasteiger partial charge in [0.1, 0.15) is 17.7 Å². The lowest BCUT2D eigenvalue weighted by Gasteiger charge is -2.19. The predicted molar refractivity (Wildman–Crippen MR) is 57.5 cm³/mol. The van der Waals surface area contributed by atoms with Gasteiger partial charge < -0.3 is 9.84 Å². The zero-order valence-electron chi connectivity index (χ0n) is 9.33. The van der Waals surface area contributed by atoms with Crippen molar-refractivity contribution in [1.29, 1.82) is 0 Å². The number of rotatable bonds is 4. The summed E-state index contributed by atoms with van der Waals surface area (Å²) in [5.41, 5.74) is 0.589. The fourth-order valence-electron chi connectivity index (χ4n) is 1.27. The van der Waals surface area contributed by atoms with Gasteiger partial charge in [0.05, 0.1) is 6.10 Å². The highest BCUT2D eigenvalue weighted by atomic mass is 19.1. The van der Waals surface area contributed by atoms with E-state index >= 15 is 0 Å². The van der Waals surface area contributed by atoms with Gasteiger partial charge >= 0.3 is 0 Å². The maximum atomic E-state index is 13.2. The maximum Gasteiger partial charge on any atom is 0.129 e. The monoisotopic (exact) mass is 212 g/mol. The van der Waals surface area contributed by atoms with Crippen LogP contribution in [0.15, 0.2) is 18.2 Å². The van der Waals surface area contributed by atoms with Crippen molar-refractivity contribution in [1.82, 2.24) is 0 Å². The van der Waals surface area contributed by atoms with E-state index in [9.17, 15) is 9.50 Å². The molecular weight excluding hydrogens is 195 g/mol. The third-order valence-corrected chi connectivity index (χ3v) is 2.43. The molecule has 0 saturated carbocycles. The van der Waals surface area contributed by atoms with Crippen LogP contribution in [0.25, 0.3) is 0 Å². The first-order chi connectivity index (χ1) is 7.04. The van der Waals surface area contributed by atoms with Crippen LogP contribution < -0.4 is 4.74 Å². The molecule has 2 nitrogen and oxygen atoms in total. The Morgan fingerprint density at radius 3 is 2.67 bits per heavy atom. The molecule has 0 fully saturated rings. The van der Waals surface area contributed by atoms with Gasteiger partial charge in [-0.25, -0.2) is 4.39 Å². The molecule has 1 N–H and O–H groups in total. The number of aliphatic hydroxyl groups excluding tert-OH is 1. The topological polar surface area (TPSA) is 29.5 Å². The quantitative estimate of drug-likeness (QED) is 0.831. The molecule has 2 atom stereocenters. The SMILES string of the molecule is CCC(O)C(C)Oc1ccc(C)c(F)c1. The molecule has 0 saturated heterocycles. The van der Waals surface area contributed by atoms with Gasteiger partial charge in [-0.3, -0.25) is 0 Å². The van der Waals surface area contributed by atoms with Crippen molar-refractivity contribution < 1.29 is 14.2 Å². The molecule has 1 aromatic rings. The molecule has 84 valence electrons. The number of aryl methyl sites for hydroxylation is 1. The molecular formula is C12H17FO2. The van der Waals surface area contributed by atoms with Crippen molar-refractivity contribution in [3.63, 3.8) is 0 Å². The van der Waals surface area contributed by atoms with Crippen LogP contribution in [0.2, 0.25) is 0 Å². The van der Waals surface area contributed by atoms with E-state index in [0.29, 0.717) is 17.7 Å². The summed E-state index contributed by atoms with van der Waals surface area (Å²) in [4.78, 5) is 0. The first-order valence-corrected chi connectivity index (χ1v) is 5.15. The molecule has 3 heteroatoms. The van der Waals surface area contributed by atoms with Gasteiger partial charge in [-0.1, -0.05) is 13.0 Å². The lowest BCUT2D eigenvalue weighted by molar-refractivity contribution is 0.0449. The van der Waals surface area contributed by atoms with Gasteiger partial charge in [-0.05, 0) is 31.9 Å². The lowest BCUT2D eigenvalue weighted by Crippen LogP contribution is -2.27. The summed E-state index contributed by atoms with van der Waals surface area (Å²) in [7, 11) is 0. The van der Waals surface area contributed by atoms with Crippen LogP contribution in [0.4, 0.5) is 4.39 Å². The van der Waals surface area contributed by atoms with E-state index in [1.165, 1.54) is 6.07 Å². The van der Waals surface area contributed by atoms with Crippen LogP contribution in [0, 0.1) is 12.7 Å². The zero-order chi connectivity index (χ0) is 11.4. The fourth-order valence-corrected chi connectivity index (χ4v) is 1.27. The molecule has 0 amide bonds. The molecule has 2 unspecified atom stereocenters. The van der Waals surface area contributed by atoms with Gasteiger partial charge in [0.2, 0.25) is 0 Å². The van der Waals surface area contributed by atoms with Crippen molar-refractivity contribution in [2.45, 2.75) is 39.4 Å². The molecule has 0 aromatic heterocycles. The maximum absolute atomic E-state index is 13.2. The Balaban J connectivity index is 2.68. The van der Waals surface area contributed by atoms with Gasteiger partial charge in [-0.15, -0.1) is 0 Å². The minimum absolute atomic E-state index is 0.286. The summed E-state index contributed by atoms with van der Waals surface area (Å²) >= 11 is 0. The molecule has 0 heterocycles. The number of hydrogen-bond donors (Lipinski definition) is 1. The van der Waals surface area contributed by atoms with E-state index in [1.807, 2.05) is 6.92 Å². The second-order valence-electron chi connectivity index (χ2n) is 3.71. The Hall–Kier alpha value is -1.09. The summed E-state index contributed by atoms with van der Waals surface area (Å²) in [6.07, 6.45) is -0.221. The second-order valence-corrected chi connectivity index (χ2v) is 3.71. The van der Waals surface area contributed by atoms with Crippen LogP contribution in [0.3, 0.4) is 0 Å². The van der Waals surface area contributed by atoms with Crippen LogP contribution in [-0.4, -0.2) is 17.3 Å². The number of halogens is 1. The number of aliphatic hydroxyl groups is 1. The van der Waals surface area contributed by atoms with Crippen molar-refractivity contribution in [3.8, 4) is 5.75 Å².